The minimum Gasteiger partial charge on any atom is -0.424 e. The summed E-state index contributed by atoms with van der Waals surface area (Å²) in [6.07, 6.45) is 1.55. The van der Waals surface area contributed by atoms with E-state index in [9.17, 15) is 10.0 Å². The van der Waals surface area contributed by atoms with Crippen LogP contribution in [0, 0.1) is 0 Å². The molecule has 0 aromatic carbocycles. The van der Waals surface area contributed by atoms with Crippen molar-refractivity contribution in [1.82, 2.24) is 9.71 Å². The zero-order valence-corrected chi connectivity index (χ0v) is 8.98. The van der Waals surface area contributed by atoms with Crippen molar-refractivity contribution in [3.8, 4) is 0 Å². The van der Waals surface area contributed by atoms with Gasteiger partial charge in [-0.15, -0.1) is 4.73 Å². The SMILES string of the molecule is CC(C)c1cnc(C(C)C)n(O)c1=O. The van der Waals surface area contributed by atoms with Crippen LogP contribution < -0.4 is 5.56 Å². The summed E-state index contributed by atoms with van der Waals surface area (Å²) in [6.45, 7) is 7.55. The molecule has 0 atom stereocenters. The summed E-state index contributed by atoms with van der Waals surface area (Å²) in [5.41, 5.74) is 0.176. The van der Waals surface area contributed by atoms with Crippen molar-refractivity contribution in [3.05, 3.63) is 27.9 Å². The summed E-state index contributed by atoms with van der Waals surface area (Å²) in [5.74, 6) is 0.517. The molecular formula is C10H16N2O2. The van der Waals surface area contributed by atoms with Crippen molar-refractivity contribution in [2.45, 2.75) is 39.5 Å². The zero-order valence-electron chi connectivity index (χ0n) is 8.98. The van der Waals surface area contributed by atoms with Crippen LogP contribution in [0.2, 0.25) is 0 Å². The van der Waals surface area contributed by atoms with Gasteiger partial charge in [0.25, 0.3) is 5.56 Å². The fourth-order valence-electron chi connectivity index (χ4n) is 1.26. The second kappa shape index (κ2) is 3.82. The highest BCUT2D eigenvalue weighted by atomic mass is 16.5. The maximum Gasteiger partial charge on any atom is 0.289 e. The summed E-state index contributed by atoms with van der Waals surface area (Å²) in [4.78, 5) is 15.7. The third-order valence-electron chi connectivity index (χ3n) is 2.13. The van der Waals surface area contributed by atoms with Crippen LogP contribution in [0.1, 0.15) is 50.9 Å². The third-order valence-corrected chi connectivity index (χ3v) is 2.13. The minimum atomic E-state index is -0.362. The zero-order chi connectivity index (χ0) is 10.9. The molecule has 0 unspecified atom stereocenters. The van der Waals surface area contributed by atoms with Crippen LogP contribution in [-0.4, -0.2) is 14.9 Å². The van der Waals surface area contributed by atoms with Gasteiger partial charge in [0.05, 0.1) is 0 Å². The van der Waals surface area contributed by atoms with Crippen LogP contribution in [0.25, 0.3) is 0 Å². The first-order chi connectivity index (χ1) is 6.45. The molecule has 0 aliphatic carbocycles. The summed E-state index contributed by atoms with van der Waals surface area (Å²) < 4.78 is 0.653. The summed E-state index contributed by atoms with van der Waals surface area (Å²) in [6, 6.07) is 0. The van der Waals surface area contributed by atoms with E-state index in [1.165, 1.54) is 0 Å². The van der Waals surface area contributed by atoms with Crippen molar-refractivity contribution in [1.29, 1.82) is 0 Å². The topological polar surface area (TPSA) is 55.1 Å². The van der Waals surface area contributed by atoms with Gasteiger partial charge in [-0.25, -0.2) is 4.98 Å². The van der Waals surface area contributed by atoms with Gasteiger partial charge in [0, 0.05) is 17.7 Å². The number of aromatic nitrogens is 2. The molecule has 0 amide bonds. The molecule has 0 aliphatic heterocycles. The molecule has 0 fully saturated rings. The molecule has 1 heterocycles. The van der Waals surface area contributed by atoms with Crippen molar-refractivity contribution < 1.29 is 5.21 Å². The standard InChI is InChI=1S/C10H16N2O2/c1-6(2)8-5-11-9(7(3)4)12(14)10(8)13/h5-7,14H,1-4H3. The predicted molar refractivity (Wildman–Crippen MR) is 53.9 cm³/mol. The van der Waals surface area contributed by atoms with E-state index < -0.39 is 0 Å². The van der Waals surface area contributed by atoms with Crippen molar-refractivity contribution in [2.75, 3.05) is 0 Å². The van der Waals surface area contributed by atoms with E-state index in [4.69, 9.17) is 0 Å². The molecular weight excluding hydrogens is 180 g/mol. The van der Waals surface area contributed by atoms with Gasteiger partial charge in [-0.05, 0) is 5.92 Å². The molecule has 1 aromatic rings. The van der Waals surface area contributed by atoms with Gasteiger partial charge in [0.2, 0.25) is 0 Å². The van der Waals surface area contributed by atoms with Gasteiger partial charge < -0.3 is 5.21 Å². The molecule has 14 heavy (non-hydrogen) atoms. The van der Waals surface area contributed by atoms with E-state index >= 15 is 0 Å². The van der Waals surface area contributed by atoms with Crippen LogP contribution in [0.5, 0.6) is 0 Å². The maximum atomic E-state index is 11.6. The Bertz CT molecular complexity index is 380. The Morgan fingerprint density at radius 1 is 1.29 bits per heavy atom. The quantitative estimate of drug-likeness (QED) is 0.733. The molecule has 0 saturated carbocycles. The van der Waals surface area contributed by atoms with Gasteiger partial charge in [-0.2, -0.15) is 0 Å². The van der Waals surface area contributed by atoms with E-state index in [0.29, 0.717) is 16.1 Å². The Kier molecular flexibility index (Phi) is 2.93. The molecule has 78 valence electrons. The lowest BCUT2D eigenvalue weighted by molar-refractivity contribution is 0.155. The fourth-order valence-corrected chi connectivity index (χ4v) is 1.26. The summed E-state index contributed by atoms with van der Waals surface area (Å²) in [7, 11) is 0. The lowest BCUT2D eigenvalue weighted by Gasteiger charge is -2.11. The smallest absolute Gasteiger partial charge is 0.289 e. The highest BCUT2D eigenvalue weighted by Crippen LogP contribution is 2.12. The van der Waals surface area contributed by atoms with Gasteiger partial charge in [0.1, 0.15) is 0 Å². The molecule has 1 aromatic heterocycles. The Balaban J connectivity index is 3.34. The summed E-state index contributed by atoms with van der Waals surface area (Å²) in [5, 5.41) is 9.54. The van der Waals surface area contributed by atoms with Crippen LogP contribution in [0.4, 0.5) is 0 Å². The van der Waals surface area contributed by atoms with Gasteiger partial charge in [-0.1, -0.05) is 27.7 Å². The highest BCUT2D eigenvalue weighted by Gasteiger charge is 2.13. The van der Waals surface area contributed by atoms with E-state index in [1.807, 2.05) is 27.7 Å². The Labute approximate surface area is 83.2 Å². The monoisotopic (exact) mass is 196 g/mol. The third kappa shape index (κ3) is 1.78. The fraction of sp³-hybridized carbons (Fsp3) is 0.600. The van der Waals surface area contributed by atoms with Crippen LogP contribution in [-0.2, 0) is 0 Å². The normalized spacial score (nSPS) is 11.3. The Morgan fingerprint density at radius 2 is 1.86 bits per heavy atom. The molecule has 4 heteroatoms. The number of hydrogen-bond donors (Lipinski definition) is 1. The molecule has 0 saturated heterocycles. The predicted octanol–water partition coefficient (Wildman–Crippen LogP) is 1.73. The molecule has 1 rings (SSSR count). The molecule has 0 aliphatic rings. The van der Waals surface area contributed by atoms with E-state index in [2.05, 4.69) is 4.98 Å². The van der Waals surface area contributed by atoms with E-state index in [-0.39, 0.29) is 17.4 Å². The molecule has 0 spiro atoms. The molecule has 1 N–H and O–H groups in total. The average Bonchev–Trinajstić information content (AvgIpc) is 2.08. The maximum absolute atomic E-state index is 11.6. The van der Waals surface area contributed by atoms with E-state index in [1.54, 1.807) is 6.20 Å². The first-order valence-corrected chi connectivity index (χ1v) is 4.76. The van der Waals surface area contributed by atoms with Gasteiger partial charge in [-0.3, -0.25) is 4.79 Å². The van der Waals surface area contributed by atoms with Crippen LogP contribution in [0.3, 0.4) is 0 Å². The lowest BCUT2D eigenvalue weighted by atomic mass is 10.1. The first-order valence-electron chi connectivity index (χ1n) is 4.76. The van der Waals surface area contributed by atoms with Gasteiger partial charge in [0.15, 0.2) is 5.82 Å². The Hall–Kier alpha value is -1.32. The largest absolute Gasteiger partial charge is 0.424 e. The number of nitrogens with zero attached hydrogens (tertiary/aromatic N) is 2. The van der Waals surface area contributed by atoms with Crippen LogP contribution >= 0.6 is 0 Å². The number of hydrogen-bond acceptors (Lipinski definition) is 3. The first kappa shape index (κ1) is 10.8. The lowest BCUT2D eigenvalue weighted by Crippen LogP contribution is -2.27. The Morgan fingerprint density at radius 3 is 2.29 bits per heavy atom. The summed E-state index contributed by atoms with van der Waals surface area (Å²) >= 11 is 0. The van der Waals surface area contributed by atoms with E-state index in [0.717, 1.165) is 0 Å². The molecule has 4 nitrogen and oxygen atoms in total. The van der Waals surface area contributed by atoms with Crippen molar-refractivity contribution in [3.63, 3.8) is 0 Å². The van der Waals surface area contributed by atoms with Crippen molar-refractivity contribution >= 4 is 0 Å². The number of rotatable bonds is 2. The second-order valence-electron chi connectivity index (χ2n) is 4.00. The average molecular weight is 196 g/mol. The highest BCUT2D eigenvalue weighted by molar-refractivity contribution is 5.12. The molecule has 0 bridgehead atoms. The van der Waals surface area contributed by atoms with Gasteiger partial charge >= 0.3 is 0 Å². The van der Waals surface area contributed by atoms with Crippen molar-refractivity contribution in [2.24, 2.45) is 0 Å². The molecule has 0 radical (unpaired) electrons. The second-order valence-corrected chi connectivity index (χ2v) is 4.00. The van der Waals surface area contributed by atoms with Crippen LogP contribution in [0.15, 0.2) is 11.0 Å². The minimum absolute atomic E-state index is 0.0360.